The number of hydrogen-bond acceptors (Lipinski definition) is 9. The summed E-state index contributed by atoms with van der Waals surface area (Å²) in [5.41, 5.74) is -2.01. The average Bonchev–Trinajstić information content (AvgIpc) is 3.78. The van der Waals surface area contributed by atoms with Gasteiger partial charge in [-0.15, -0.1) is 0 Å². The fraction of sp³-hybridized carbons (Fsp3) is 0.677. The maximum absolute atomic E-state index is 14.2. The Kier molecular flexibility index (Phi) is 9.33. The minimum absolute atomic E-state index is 0.0774. The number of likely N-dealkylation sites (tertiary alicyclic amines) is 1. The van der Waals surface area contributed by atoms with Gasteiger partial charge >= 0.3 is 12.1 Å². The monoisotopic (exact) mass is 711 g/mol. The van der Waals surface area contributed by atoms with Crippen LogP contribution in [-0.4, -0.2) is 80.7 Å². The second-order valence-corrected chi connectivity index (χ2v) is 16.3. The third-order valence-electron chi connectivity index (χ3n) is 9.56. The van der Waals surface area contributed by atoms with Crippen LogP contribution in [0.4, 0.5) is 4.79 Å². The molecule has 3 aliphatic carbocycles. The van der Waals surface area contributed by atoms with E-state index >= 15 is 0 Å². The molecule has 3 amide bonds. The van der Waals surface area contributed by atoms with Crippen LogP contribution in [0.15, 0.2) is 33.6 Å². The molecular weight excluding hydrogens is 670 g/mol. The van der Waals surface area contributed by atoms with E-state index in [-0.39, 0.29) is 29.9 Å². The molecule has 0 radical (unpaired) electrons. The summed E-state index contributed by atoms with van der Waals surface area (Å²) in [6.45, 7) is 7.00. The van der Waals surface area contributed by atoms with Crippen LogP contribution >= 0.6 is 15.9 Å². The number of benzene rings is 1. The van der Waals surface area contributed by atoms with Crippen molar-refractivity contribution in [3.63, 3.8) is 0 Å². The lowest BCUT2D eigenvalue weighted by molar-refractivity contribution is -0.148. The number of rotatable bonds is 10. The first-order valence-corrected chi connectivity index (χ1v) is 17.6. The molecule has 5 rings (SSSR count). The molecule has 45 heavy (non-hydrogen) atoms. The number of carbonyl (C=O) groups excluding carboxylic acids is 4. The normalized spacial score (nSPS) is 31.0. The number of esters is 1. The molecule has 248 valence electrons. The summed E-state index contributed by atoms with van der Waals surface area (Å²) in [4.78, 5) is 54.9. The highest BCUT2D eigenvalue weighted by molar-refractivity contribution is 9.10. The number of nitrogens with one attached hydrogen (secondary N) is 2. The molecule has 12 nitrogen and oxygen atoms in total. The summed E-state index contributed by atoms with van der Waals surface area (Å²) in [7, 11) is -3.00. The molecule has 1 aromatic carbocycles. The molecule has 1 aromatic rings. The zero-order valence-electron chi connectivity index (χ0n) is 26.2. The van der Waals surface area contributed by atoms with Crippen LogP contribution < -0.4 is 10.6 Å². The van der Waals surface area contributed by atoms with Gasteiger partial charge in [-0.1, -0.05) is 50.0 Å². The zero-order chi connectivity index (χ0) is 32.9. The summed E-state index contributed by atoms with van der Waals surface area (Å²) < 4.78 is 43.2. The van der Waals surface area contributed by atoms with Crippen molar-refractivity contribution in [2.24, 2.45) is 23.2 Å². The van der Waals surface area contributed by atoms with E-state index in [4.69, 9.17) is 13.7 Å². The summed E-state index contributed by atoms with van der Waals surface area (Å²) in [6.07, 6.45) is 1.69. The fourth-order valence-corrected chi connectivity index (χ4v) is 8.17. The van der Waals surface area contributed by atoms with Gasteiger partial charge in [-0.2, -0.15) is 8.42 Å². The SMILES string of the molecule is CCC1CC1(NC(=O)C1CC(OS(=O)(=O)c2ccc(Br)cc2)CN1C(=O)C(NC(=O)OC1CC2CC2C1)C(C)(C)C)C(=O)OC. The summed E-state index contributed by atoms with van der Waals surface area (Å²) in [6, 6.07) is 3.63. The largest absolute Gasteiger partial charge is 0.467 e. The second-order valence-electron chi connectivity index (χ2n) is 13.8. The van der Waals surface area contributed by atoms with E-state index in [9.17, 15) is 27.6 Å². The number of fused-ring (bicyclic) bond motifs is 1. The Morgan fingerprint density at radius 3 is 2.24 bits per heavy atom. The van der Waals surface area contributed by atoms with Crippen molar-refractivity contribution in [1.29, 1.82) is 0 Å². The van der Waals surface area contributed by atoms with E-state index in [0.717, 1.165) is 12.8 Å². The van der Waals surface area contributed by atoms with Gasteiger partial charge in [0.05, 0.1) is 18.1 Å². The van der Waals surface area contributed by atoms with Crippen molar-refractivity contribution in [3.05, 3.63) is 28.7 Å². The van der Waals surface area contributed by atoms with Crippen LogP contribution in [0, 0.1) is 23.2 Å². The minimum atomic E-state index is -4.25. The van der Waals surface area contributed by atoms with Gasteiger partial charge in [0, 0.05) is 17.4 Å². The highest BCUT2D eigenvalue weighted by atomic mass is 79.9. The standard InChI is InChI=1S/C31H42BrN3O9S/c1-6-19-15-31(19,28(38)42-5)34-26(36)24-14-22(44-45(40,41)23-9-7-20(32)8-10-23)16-35(24)27(37)25(30(2,3)4)33-29(39)43-21-12-17-11-18(17)13-21/h7-10,17-19,21-22,24-25H,6,11-16H2,1-5H3,(H,33,39)(H,34,36). The van der Waals surface area contributed by atoms with E-state index in [0.29, 0.717) is 29.2 Å². The molecule has 4 aliphatic rings. The predicted octanol–water partition coefficient (Wildman–Crippen LogP) is 3.52. The first-order chi connectivity index (χ1) is 21.1. The van der Waals surface area contributed by atoms with Gasteiger partial charge < -0.3 is 25.0 Å². The Hall–Kier alpha value is -2.71. The van der Waals surface area contributed by atoms with E-state index < -0.39 is 63.1 Å². The molecule has 7 unspecified atom stereocenters. The van der Waals surface area contributed by atoms with Crippen molar-refractivity contribution in [1.82, 2.24) is 15.5 Å². The number of ether oxygens (including phenoxy) is 2. The van der Waals surface area contributed by atoms with Crippen LogP contribution in [0.2, 0.25) is 0 Å². The first-order valence-electron chi connectivity index (χ1n) is 15.4. The number of hydrogen-bond donors (Lipinski definition) is 2. The van der Waals surface area contributed by atoms with E-state index in [1.807, 2.05) is 6.92 Å². The van der Waals surface area contributed by atoms with Crippen molar-refractivity contribution in [2.45, 2.75) is 101 Å². The number of amides is 3. The first kappa shape index (κ1) is 33.6. The summed E-state index contributed by atoms with van der Waals surface area (Å²) in [5.74, 6) is -0.725. The van der Waals surface area contributed by atoms with Gasteiger partial charge in [-0.05, 0) is 73.1 Å². The molecule has 1 aliphatic heterocycles. The number of methoxy groups -OCH3 is 1. The van der Waals surface area contributed by atoms with E-state index in [1.165, 1.54) is 30.6 Å². The van der Waals surface area contributed by atoms with Crippen LogP contribution in [0.25, 0.3) is 0 Å². The van der Waals surface area contributed by atoms with Crippen LogP contribution in [0.5, 0.6) is 0 Å². The average molecular weight is 713 g/mol. The molecule has 0 spiro atoms. The number of nitrogens with zero attached hydrogens (tertiary/aromatic N) is 1. The van der Waals surface area contributed by atoms with Gasteiger partial charge in [-0.3, -0.25) is 13.8 Å². The maximum Gasteiger partial charge on any atom is 0.408 e. The highest BCUT2D eigenvalue weighted by Crippen LogP contribution is 2.52. The van der Waals surface area contributed by atoms with Crippen molar-refractivity contribution in [3.8, 4) is 0 Å². The zero-order valence-corrected chi connectivity index (χ0v) is 28.6. The summed E-state index contributed by atoms with van der Waals surface area (Å²) >= 11 is 3.28. The third kappa shape index (κ3) is 7.17. The predicted molar refractivity (Wildman–Crippen MR) is 165 cm³/mol. The molecular formula is C31H42BrN3O9S. The van der Waals surface area contributed by atoms with Crippen molar-refractivity contribution < 1.29 is 41.3 Å². The molecule has 2 N–H and O–H groups in total. The lowest BCUT2D eigenvalue weighted by Gasteiger charge is -2.35. The number of halogens is 1. The molecule has 1 heterocycles. The van der Waals surface area contributed by atoms with Crippen molar-refractivity contribution >= 4 is 49.9 Å². The minimum Gasteiger partial charge on any atom is -0.467 e. The molecule has 4 fully saturated rings. The molecule has 1 saturated heterocycles. The highest BCUT2D eigenvalue weighted by Gasteiger charge is 2.62. The van der Waals surface area contributed by atoms with Crippen LogP contribution in [0.1, 0.15) is 66.2 Å². The molecule has 0 bridgehead atoms. The molecule has 7 atom stereocenters. The Morgan fingerprint density at radius 2 is 1.69 bits per heavy atom. The summed E-state index contributed by atoms with van der Waals surface area (Å²) in [5, 5.41) is 5.54. The van der Waals surface area contributed by atoms with E-state index in [2.05, 4.69) is 26.6 Å². The number of alkyl carbamates (subject to hydrolysis) is 1. The third-order valence-corrected chi connectivity index (χ3v) is 11.5. The quantitative estimate of drug-likeness (QED) is 0.274. The van der Waals surface area contributed by atoms with E-state index in [1.54, 1.807) is 32.9 Å². The Bertz CT molecular complexity index is 1440. The second kappa shape index (κ2) is 12.5. The topological polar surface area (TPSA) is 157 Å². The smallest absolute Gasteiger partial charge is 0.408 e. The van der Waals surface area contributed by atoms with Crippen molar-refractivity contribution in [2.75, 3.05) is 13.7 Å². The number of carbonyl (C=O) groups is 4. The van der Waals surface area contributed by atoms with Gasteiger partial charge in [0.2, 0.25) is 11.8 Å². The Morgan fingerprint density at radius 1 is 1.04 bits per heavy atom. The van der Waals surface area contributed by atoms with Crippen LogP contribution in [-0.2, 0) is 38.2 Å². The molecule has 0 aromatic heterocycles. The lowest BCUT2D eigenvalue weighted by atomic mass is 9.85. The van der Waals surface area contributed by atoms with Crippen LogP contribution in [0.3, 0.4) is 0 Å². The lowest BCUT2D eigenvalue weighted by Crippen LogP contribution is -2.59. The van der Waals surface area contributed by atoms with Gasteiger partial charge in [-0.25, -0.2) is 9.59 Å². The van der Waals surface area contributed by atoms with Gasteiger partial charge in [0.25, 0.3) is 10.1 Å². The molecule has 3 saturated carbocycles. The van der Waals surface area contributed by atoms with Gasteiger partial charge in [0.15, 0.2) is 0 Å². The Balaban J connectivity index is 1.37. The Labute approximate surface area is 272 Å². The maximum atomic E-state index is 14.2. The fourth-order valence-electron chi connectivity index (χ4n) is 6.83. The molecule has 14 heteroatoms. The van der Waals surface area contributed by atoms with Gasteiger partial charge in [0.1, 0.15) is 23.7 Å².